The molecule has 0 atom stereocenters. The molecule has 0 aromatic carbocycles. The summed E-state index contributed by atoms with van der Waals surface area (Å²) in [4.78, 5) is 26.8. The van der Waals surface area contributed by atoms with Crippen LogP contribution >= 0.6 is 45.2 Å². The molecule has 5 nitrogen and oxygen atoms in total. The molecule has 1 aromatic rings. The van der Waals surface area contributed by atoms with E-state index in [-0.39, 0.29) is 13.0 Å². The fourth-order valence-electron chi connectivity index (χ4n) is 1.13. The molecular formula is C9H10I2N2O3. The first kappa shape index (κ1) is 13.9. The van der Waals surface area contributed by atoms with Gasteiger partial charge in [-0.1, -0.05) is 45.2 Å². The summed E-state index contributed by atoms with van der Waals surface area (Å²) in [5.41, 5.74) is 0.146. The molecule has 1 heterocycles. The Morgan fingerprint density at radius 2 is 2.06 bits per heavy atom. The van der Waals surface area contributed by atoms with Crippen molar-refractivity contribution < 1.29 is 14.3 Å². The Hall–Kier alpha value is -0.190. The number of alkyl halides is 2. The Morgan fingerprint density at radius 1 is 1.50 bits per heavy atom. The van der Waals surface area contributed by atoms with Gasteiger partial charge in [0.2, 0.25) is 5.91 Å². The van der Waals surface area contributed by atoms with E-state index in [9.17, 15) is 9.59 Å². The lowest BCUT2D eigenvalue weighted by molar-refractivity contribution is 0.0594. The molecule has 16 heavy (non-hydrogen) atoms. The van der Waals surface area contributed by atoms with Crippen molar-refractivity contribution in [3.63, 3.8) is 0 Å². The molecule has 88 valence electrons. The Kier molecular flexibility index (Phi) is 4.32. The molecule has 0 N–H and O–H groups in total. The molecular weight excluding hydrogens is 438 g/mol. The van der Waals surface area contributed by atoms with Crippen LogP contribution in [0.4, 0.5) is 0 Å². The average molecular weight is 448 g/mol. The van der Waals surface area contributed by atoms with Gasteiger partial charge in [-0.15, -0.1) is 0 Å². The van der Waals surface area contributed by atoms with Crippen molar-refractivity contribution in [1.29, 1.82) is 0 Å². The summed E-state index contributed by atoms with van der Waals surface area (Å²) >= 11 is 4.30. The van der Waals surface area contributed by atoms with Gasteiger partial charge >= 0.3 is 5.97 Å². The summed E-state index contributed by atoms with van der Waals surface area (Å²) in [5, 5.41) is 0. The zero-order valence-corrected chi connectivity index (χ0v) is 13.3. The number of nitrogens with zero attached hydrogens (tertiary/aromatic N) is 2. The Balaban J connectivity index is 3.32. The van der Waals surface area contributed by atoms with E-state index in [0.29, 0.717) is 5.82 Å². The molecule has 0 saturated carbocycles. The molecule has 0 amide bonds. The number of carbonyl (C=O) groups is 2. The lowest BCUT2D eigenvalue weighted by atomic mass is 10.4. The maximum Gasteiger partial charge on any atom is 0.358 e. The molecule has 0 saturated heterocycles. The number of rotatable bonds is 2. The highest BCUT2D eigenvalue weighted by molar-refractivity contribution is 14.2. The van der Waals surface area contributed by atoms with Crippen molar-refractivity contribution >= 4 is 57.1 Å². The number of methoxy groups -OCH3 is 1. The number of halogens is 2. The van der Waals surface area contributed by atoms with Crippen LogP contribution in [0.3, 0.4) is 0 Å². The highest BCUT2D eigenvalue weighted by Gasteiger charge is 2.28. The molecule has 0 spiro atoms. The number of imidazole rings is 1. The predicted octanol–water partition coefficient (Wildman–Crippen LogP) is 2.37. The zero-order valence-electron chi connectivity index (χ0n) is 8.95. The van der Waals surface area contributed by atoms with Gasteiger partial charge < -0.3 is 4.74 Å². The third kappa shape index (κ3) is 2.93. The maximum absolute atomic E-state index is 11.4. The highest BCUT2D eigenvalue weighted by atomic mass is 127. The van der Waals surface area contributed by atoms with E-state index in [1.165, 1.54) is 24.8 Å². The summed E-state index contributed by atoms with van der Waals surface area (Å²) in [7, 11) is 1.28. The van der Waals surface area contributed by atoms with E-state index in [0.717, 1.165) is 0 Å². The number of hydrogen-bond donors (Lipinski definition) is 0. The van der Waals surface area contributed by atoms with Gasteiger partial charge in [0.05, 0.1) is 7.11 Å². The second-order valence-corrected chi connectivity index (χ2v) is 9.60. The Bertz CT molecular complexity index is 434. The van der Waals surface area contributed by atoms with Crippen LogP contribution in [0.2, 0.25) is 0 Å². The first-order valence-corrected chi connectivity index (χ1v) is 6.50. The summed E-state index contributed by atoms with van der Waals surface area (Å²) in [6.45, 7) is 3.32. The minimum absolute atomic E-state index is 0.146. The molecule has 1 aromatic heterocycles. The van der Waals surface area contributed by atoms with Crippen molar-refractivity contribution in [2.45, 2.75) is 15.3 Å². The van der Waals surface area contributed by atoms with Gasteiger partial charge in [0.1, 0.15) is 7.25 Å². The van der Waals surface area contributed by atoms with Crippen LogP contribution in [0.15, 0.2) is 6.20 Å². The summed E-state index contributed by atoms with van der Waals surface area (Å²) in [6.07, 6.45) is 1.40. The molecule has 0 aliphatic rings. The van der Waals surface area contributed by atoms with Crippen LogP contribution < -0.4 is 0 Å². The fraction of sp³-hybridized carbons (Fsp3) is 0.444. The first-order chi connectivity index (χ1) is 7.27. The molecule has 0 aliphatic carbocycles. The zero-order chi connectivity index (χ0) is 12.5. The largest absolute Gasteiger partial charge is 0.464 e. The summed E-state index contributed by atoms with van der Waals surface area (Å²) < 4.78 is 5.56. The van der Waals surface area contributed by atoms with Crippen LogP contribution in [0, 0.1) is 0 Å². The van der Waals surface area contributed by atoms with Crippen molar-refractivity contribution in [2.24, 2.45) is 0 Å². The monoisotopic (exact) mass is 448 g/mol. The number of hydrogen-bond acceptors (Lipinski definition) is 4. The van der Waals surface area contributed by atoms with Gasteiger partial charge in [-0.05, 0) is 6.92 Å². The highest BCUT2D eigenvalue weighted by Crippen LogP contribution is 2.37. The van der Waals surface area contributed by atoms with Crippen LogP contribution in [-0.4, -0.2) is 28.5 Å². The fourth-order valence-corrected chi connectivity index (χ4v) is 1.89. The van der Waals surface area contributed by atoms with Crippen molar-refractivity contribution in [3.05, 3.63) is 17.7 Å². The SMILES string of the molecule is COC(=O)c1cn(C(C)=O)c(C(C)(I)I)n1. The molecule has 0 unspecified atom stereocenters. The topological polar surface area (TPSA) is 61.2 Å². The second-order valence-electron chi connectivity index (χ2n) is 3.22. The minimum atomic E-state index is -0.543. The molecule has 0 radical (unpaired) electrons. The lowest BCUT2D eigenvalue weighted by Crippen LogP contribution is -2.16. The van der Waals surface area contributed by atoms with Crippen LogP contribution in [-0.2, 0) is 6.17 Å². The molecule has 0 fully saturated rings. The summed E-state index contributed by atoms with van der Waals surface area (Å²) in [5.74, 6) is -0.197. The molecule has 7 heteroatoms. The smallest absolute Gasteiger partial charge is 0.358 e. The summed E-state index contributed by atoms with van der Waals surface area (Å²) in [6, 6.07) is 0. The predicted molar refractivity (Wildman–Crippen MR) is 75.3 cm³/mol. The third-order valence-electron chi connectivity index (χ3n) is 1.83. The van der Waals surface area contributed by atoms with Crippen molar-refractivity contribution in [3.8, 4) is 0 Å². The Morgan fingerprint density at radius 3 is 2.38 bits per heavy atom. The van der Waals surface area contributed by atoms with Gasteiger partial charge in [-0.3, -0.25) is 9.36 Å². The molecule has 0 aliphatic heterocycles. The van der Waals surface area contributed by atoms with Gasteiger partial charge in [-0.25, -0.2) is 9.78 Å². The van der Waals surface area contributed by atoms with Crippen LogP contribution in [0.25, 0.3) is 0 Å². The number of aromatic nitrogens is 2. The Labute approximate surface area is 120 Å². The first-order valence-electron chi connectivity index (χ1n) is 4.34. The number of esters is 1. The lowest BCUT2D eigenvalue weighted by Gasteiger charge is -2.13. The van der Waals surface area contributed by atoms with Crippen LogP contribution in [0.1, 0.15) is 35.0 Å². The van der Waals surface area contributed by atoms with Crippen molar-refractivity contribution in [2.75, 3.05) is 7.11 Å². The van der Waals surface area contributed by atoms with E-state index < -0.39 is 5.97 Å². The van der Waals surface area contributed by atoms with E-state index in [2.05, 4.69) is 54.9 Å². The number of carbonyl (C=O) groups excluding carboxylic acids is 2. The molecule has 0 bridgehead atoms. The standard InChI is InChI=1S/C9H10I2N2O3/c1-5(14)13-4-6(7(15)16-3)12-8(13)9(2,10)11/h4H,1-3H3. The van der Waals surface area contributed by atoms with Crippen LogP contribution in [0.5, 0.6) is 0 Å². The quantitative estimate of drug-likeness (QED) is 0.396. The van der Waals surface area contributed by atoms with E-state index in [4.69, 9.17) is 0 Å². The third-order valence-corrected chi connectivity index (χ3v) is 2.80. The average Bonchev–Trinajstić information content (AvgIpc) is 2.60. The van der Waals surface area contributed by atoms with E-state index >= 15 is 0 Å². The van der Waals surface area contributed by atoms with Gasteiger partial charge in [0.25, 0.3) is 0 Å². The van der Waals surface area contributed by atoms with Crippen molar-refractivity contribution in [1.82, 2.24) is 9.55 Å². The molecule has 1 rings (SSSR count). The van der Waals surface area contributed by atoms with E-state index in [1.54, 1.807) is 0 Å². The van der Waals surface area contributed by atoms with Gasteiger partial charge in [-0.2, -0.15) is 0 Å². The van der Waals surface area contributed by atoms with Gasteiger partial charge in [0, 0.05) is 13.1 Å². The van der Waals surface area contributed by atoms with E-state index in [1.807, 2.05) is 6.92 Å². The van der Waals surface area contributed by atoms with Gasteiger partial charge in [0.15, 0.2) is 5.69 Å². The minimum Gasteiger partial charge on any atom is -0.464 e. The normalized spacial score (nSPS) is 11.3. The second kappa shape index (κ2) is 4.98. The maximum atomic E-state index is 11.4. The number of ether oxygens (including phenoxy) is 1.